The van der Waals surface area contributed by atoms with Gasteiger partial charge in [-0.25, -0.2) is 0 Å². The fourth-order valence-corrected chi connectivity index (χ4v) is 1.70. The van der Waals surface area contributed by atoms with Crippen molar-refractivity contribution >= 4 is 0 Å². The van der Waals surface area contributed by atoms with Crippen molar-refractivity contribution in [3.63, 3.8) is 0 Å². The van der Waals surface area contributed by atoms with E-state index >= 15 is 0 Å². The van der Waals surface area contributed by atoms with Crippen molar-refractivity contribution in [2.24, 2.45) is 0 Å². The summed E-state index contributed by atoms with van der Waals surface area (Å²) in [7, 11) is 0. The van der Waals surface area contributed by atoms with Crippen molar-refractivity contribution in [3.05, 3.63) is 36.1 Å². The minimum Gasteiger partial charge on any atom is -0.478 e. The Kier molecular flexibility index (Phi) is 1.22. The van der Waals surface area contributed by atoms with Gasteiger partial charge in [-0.1, -0.05) is 18.2 Å². The van der Waals surface area contributed by atoms with Crippen LogP contribution in [0.2, 0.25) is 0 Å². The van der Waals surface area contributed by atoms with Crippen LogP contribution >= 0.6 is 0 Å². The molecule has 0 aromatic carbocycles. The van der Waals surface area contributed by atoms with Gasteiger partial charge in [0.25, 0.3) is 0 Å². The molecule has 0 bridgehead atoms. The molecule has 1 heterocycles. The van der Waals surface area contributed by atoms with Crippen LogP contribution in [0.4, 0.5) is 0 Å². The quantitative estimate of drug-likeness (QED) is 0.433. The molecule has 1 atom stereocenters. The molecule has 58 valence electrons. The summed E-state index contributed by atoms with van der Waals surface area (Å²) in [5.41, 5.74) is 1.32. The van der Waals surface area contributed by atoms with E-state index in [1.165, 1.54) is 11.3 Å². The molecule has 1 aliphatic carbocycles. The summed E-state index contributed by atoms with van der Waals surface area (Å²) in [6.07, 6.45) is 8.20. The van der Waals surface area contributed by atoms with E-state index in [9.17, 15) is 0 Å². The molecule has 1 fully saturated rings. The Labute approximate surface area is 67.1 Å². The number of hydrogen-bond acceptors (Lipinski definition) is 1. The van der Waals surface area contributed by atoms with Gasteiger partial charge in [0.15, 0.2) is 5.60 Å². The van der Waals surface area contributed by atoms with Gasteiger partial charge in [-0.2, -0.15) is 0 Å². The largest absolute Gasteiger partial charge is 0.478 e. The first-order chi connectivity index (χ1) is 5.28. The Morgan fingerprint density at radius 1 is 1.82 bits per heavy atom. The predicted molar refractivity (Wildman–Crippen MR) is 45.1 cm³/mol. The molecular formula is C10H12O. The molecular weight excluding hydrogens is 136 g/mol. The summed E-state index contributed by atoms with van der Waals surface area (Å²) < 4.78 is 5.56. The van der Waals surface area contributed by atoms with Gasteiger partial charge in [0.2, 0.25) is 0 Å². The minimum absolute atomic E-state index is 0.0422. The zero-order valence-corrected chi connectivity index (χ0v) is 6.76. The lowest BCUT2D eigenvalue weighted by molar-refractivity contribution is 0.314. The van der Waals surface area contributed by atoms with Gasteiger partial charge in [0.05, 0.1) is 0 Å². The standard InChI is InChI=1S/C10H12O/c1-3-6-10-7-4-5-8(2)9(10)11-10/h3-5H,1,6-7H2,2H3. The fourth-order valence-electron chi connectivity index (χ4n) is 1.70. The van der Waals surface area contributed by atoms with Crippen LogP contribution in [0.5, 0.6) is 0 Å². The molecule has 1 nitrogen and oxygen atoms in total. The first-order valence-corrected chi connectivity index (χ1v) is 3.96. The van der Waals surface area contributed by atoms with Crippen molar-refractivity contribution < 1.29 is 4.74 Å². The van der Waals surface area contributed by atoms with E-state index in [-0.39, 0.29) is 5.60 Å². The maximum atomic E-state index is 5.56. The van der Waals surface area contributed by atoms with Crippen LogP contribution in [0.3, 0.4) is 0 Å². The van der Waals surface area contributed by atoms with Gasteiger partial charge >= 0.3 is 0 Å². The molecule has 0 amide bonds. The van der Waals surface area contributed by atoms with E-state index in [0.29, 0.717) is 0 Å². The Hall–Kier alpha value is -0.980. The average Bonchev–Trinajstić information content (AvgIpc) is 2.65. The maximum Gasteiger partial charge on any atom is 0.172 e. The molecule has 1 saturated heterocycles. The van der Waals surface area contributed by atoms with Crippen LogP contribution in [0.15, 0.2) is 36.1 Å². The molecule has 1 aliphatic heterocycles. The lowest BCUT2D eigenvalue weighted by atomic mass is 9.94. The highest BCUT2D eigenvalue weighted by atomic mass is 16.6. The Morgan fingerprint density at radius 2 is 2.64 bits per heavy atom. The maximum absolute atomic E-state index is 5.56. The van der Waals surface area contributed by atoms with E-state index < -0.39 is 0 Å². The highest BCUT2D eigenvalue weighted by Crippen LogP contribution is 2.51. The SMILES string of the molecule is C=CCC12CC=CC(C)=C1O2. The normalized spacial score (nSPS) is 32.8. The smallest absolute Gasteiger partial charge is 0.172 e. The molecule has 1 unspecified atom stereocenters. The number of hydrogen-bond donors (Lipinski definition) is 0. The number of ether oxygens (including phenoxy) is 1. The van der Waals surface area contributed by atoms with Crippen LogP contribution in [0.25, 0.3) is 0 Å². The number of allylic oxidation sites excluding steroid dienone is 2. The highest BCUT2D eigenvalue weighted by Gasteiger charge is 2.52. The zero-order chi connectivity index (χ0) is 7.90. The predicted octanol–water partition coefficient (Wildman–Crippen LogP) is 2.57. The molecule has 0 N–H and O–H groups in total. The summed E-state index contributed by atoms with van der Waals surface area (Å²) in [5, 5.41) is 0. The lowest BCUT2D eigenvalue weighted by Gasteiger charge is -2.05. The third-order valence-corrected chi connectivity index (χ3v) is 2.32. The summed E-state index contributed by atoms with van der Waals surface area (Å²) in [4.78, 5) is 0. The van der Waals surface area contributed by atoms with Gasteiger partial charge in [-0.15, -0.1) is 6.58 Å². The van der Waals surface area contributed by atoms with Crippen LogP contribution in [0, 0.1) is 0 Å². The monoisotopic (exact) mass is 148 g/mol. The van der Waals surface area contributed by atoms with Crippen LogP contribution in [-0.2, 0) is 4.74 Å². The van der Waals surface area contributed by atoms with Crippen molar-refractivity contribution in [3.8, 4) is 0 Å². The molecule has 11 heavy (non-hydrogen) atoms. The second-order valence-electron chi connectivity index (χ2n) is 3.21. The molecule has 0 aromatic rings. The second-order valence-corrected chi connectivity index (χ2v) is 3.21. The zero-order valence-electron chi connectivity index (χ0n) is 6.76. The van der Waals surface area contributed by atoms with Gasteiger partial charge in [-0.3, -0.25) is 0 Å². The Morgan fingerprint density at radius 3 is 3.36 bits per heavy atom. The molecule has 0 spiro atoms. The van der Waals surface area contributed by atoms with Crippen molar-refractivity contribution in [2.45, 2.75) is 25.4 Å². The van der Waals surface area contributed by atoms with Gasteiger partial charge in [-0.05, 0) is 12.5 Å². The summed E-state index contributed by atoms with van der Waals surface area (Å²) in [5.74, 6) is 1.18. The van der Waals surface area contributed by atoms with Crippen molar-refractivity contribution in [1.29, 1.82) is 0 Å². The summed E-state index contributed by atoms with van der Waals surface area (Å²) in [6.45, 7) is 5.82. The summed E-state index contributed by atoms with van der Waals surface area (Å²) >= 11 is 0. The van der Waals surface area contributed by atoms with Crippen molar-refractivity contribution in [1.82, 2.24) is 0 Å². The van der Waals surface area contributed by atoms with Gasteiger partial charge in [0.1, 0.15) is 5.76 Å². The number of epoxide rings is 1. The molecule has 2 aliphatic rings. The lowest BCUT2D eigenvalue weighted by Crippen LogP contribution is -2.09. The third kappa shape index (κ3) is 0.839. The van der Waals surface area contributed by atoms with E-state index in [2.05, 4.69) is 25.7 Å². The van der Waals surface area contributed by atoms with Crippen LogP contribution in [-0.4, -0.2) is 5.60 Å². The number of fused-ring (bicyclic) bond motifs is 1. The molecule has 0 radical (unpaired) electrons. The highest BCUT2D eigenvalue weighted by molar-refractivity contribution is 5.41. The first kappa shape index (κ1) is 6.71. The Balaban J connectivity index is 2.24. The molecule has 1 heteroatoms. The average molecular weight is 148 g/mol. The summed E-state index contributed by atoms with van der Waals surface area (Å²) in [6, 6.07) is 0. The first-order valence-electron chi connectivity index (χ1n) is 3.96. The van der Waals surface area contributed by atoms with E-state index in [4.69, 9.17) is 4.74 Å². The molecule has 0 saturated carbocycles. The van der Waals surface area contributed by atoms with Crippen molar-refractivity contribution in [2.75, 3.05) is 0 Å². The van der Waals surface area contributed by atoms with E-state index in [1.54, 1.807) is 0 Å². The minimum atomic E-state index is 0.0422. The molecule has 2 rings (SSSR count). The van der Waals surface area contributed by atoms with Crippen LogP contribution < -0.4 is 0 Å². The van der Waals surface area contributed by atoms with Gasteiger partial charge in [0, 0.05) is 12.8 Å². The fraction of sp³-hybridized carbons (Fsp3) is 0.400. The van der Waals surface area contributed by atoms with Gasteiger partial charge < -0.3 is 4.74 Å². The number of rotatable bonds is 2. The Bertz CT molecular complexity index is 256. The second kappa shape index (κ2) is 2.00. The van der Waals surface area contributed by atoms with E-state index in [1.807, 2.05) is 6.08 Å². The molecule has 0 aromatic heterocycles. The topological polar surface area (TPSA) is 12.5 Å². The van der Waals surface area contributed by atoms with Crippen LogP contribution in [0.1, 0.15) is 19.8 Å². The third-order valence-electron chi connectivity index (χ3n) is 2.32. The van der Waals surface area contributed by atoms with E-state index in [0.717, 1.165) is 12.8 Å².